The Morgan fingerprint density at radius 3 is 2.41 bits per heavy atom. The Bertz CT molecular complexity index is 909. The number of ether oxygens (including phenoxy) is 2. The first-order chi connectivity index (χ1) is 13.2. The Labute approximate surface area is 166 Å². The number of aliphatic imine (C=N–C) groups is 1. The summed E-state index contributed by atoms with van der Waals surface area (Å²) in [6.07, 6.45) is 1.76. The summed E-state index contributed by atoms with van der Waals surface area (Å²) in [4.78, 5) is 4.52. The van der Waals surface area contributed by atoms with Gasteiger partial charge in [0.05, 0.1) is 12.3 Å². The van der Waals surface area contributed by atoms with E-state index in [4.69, 9.17) is 9.47 Å². The molecule has 3 nitrogen and oxygen atoms in total. The molecule has 0 fully saturated rings. The van der Waals surface area contributed by atoms with Gasteiger partial charge in [-0.3, -0.25) is 4.99 Å². The van der Waals surface area contributed by atoms with E-state index in [-0.39, 0.29) is 5.82 Å². The van der Waals surface area contributed by atoms with Gasteiger partial charge in [0.25, 0.3) is 0 Å². The summed E-state index contributed by atoms with van der Waals surface area (Å²) in [5.41, 5.74) is 2.52. The van der Waals surface area contributed by atoms with E-state index in [0.717, 1.165) is 21.3 Å². The summed E-state index contributed by atoms with van der Waals surface area (Å²) in [5.74, 6) is 1.000. The van der Waals surface area contributed by atoms with Crippen LogP contribution < -0.4 is 9.47 Å². The van der Waals surface area contributed by atoms with Crippen LogP contribution in [0.2, 0.25) is 0 Å². The van der Waals surface area contributed by atoms with Crippen LogP contribution in [-0.2, 0) is 6.61 Å². The van der Waals surface area contributed by atoms with Crippen LogP contribution in [0.25, 0.3) is 0 Å². The van der Waals surface area contributed by atoms with Gasteiger partial charge < -0.3 is 9.47 Å². The van der Waals surface area contributed by atoms with Gasteiger partial charge in [-0.1, -0.05) is 34.1 Å². The number of nitrogens with zero attached hydrogens (tertiary/aromatic N) is 1. The first-order valence-electron chi connectivity index (χ1n) is 8.58. The number of hydrogen-bond acceptors (Lipinski definition) is 3. The highest BCUT2D eigenvalue weighted by Crippen LogP contribution is 2.31. The fourth-order valence-corrected chi connectivity index (χ4v) is 2.73. The molecule has 3 aromatic rings. The molecule has 0 aromatic heterocycles. The van der Waals surface area contributed by atoms with Crippen molar-refractivity contribution in [1.29, 1.82) is 0 Å². The highest BCUT2D eigenvalue weighted by atomic mass is 79.9. The van der Waals surface area contributed by atoms with Crippen molar-refractivity contribution in [2.75, 3.05) is 6.61 Å². The summed E-state index contributed by atoms with van der Waals surface area (Å²) in [6.45, 7) is 2.76. The summed E-state index contributed by atoms with van der Waals surface area (Å²) in [5, 5.41) is 0. The third-order valence-electron chi connectivity index (χ3n) is 3.78. The maximum Gasteiger partial charge on any atom is 0.170 e. The van der Waals surface area contributed by atoms with Crippen molar-refractivity contribution in [3.63, 3.8) is 0 Å². The number of halogens is 2. The van der Waals surface area contributed by atoms with Gasteiger partial charge in [0.2, 0.25) is 0 Å². The van der Waals surface area contributed by atoms with E-state index in [1.807, 2.05) is 49.4 Å². The standard InChI is InChI=1S/C22H19BrFNO2/c1-2-26-21-5-3-4-17(14-25-20-12-8-18(23)9-13-20)22(21)27-15-16-6-10-19(24)11-7-16/h3-14H,2,15H2,1H3. The van der Waals surface area contributed by atoms with Gasteiger partial charge in [-0.25, -0.2) is 4.39 Å². The quantitative estimate of drug-likeness (QED) is 0.413. The van der Waals surface area contributed by atoms with Crippen LogP contribution >= 0.6 is 15.9 Å². The smallest absolute Gasteiger partial charge is 0.170 e. The first kappa shape index (κ1) is 19.1. The predicted octanol–water partition coefficient (Wildman–Crippen LogP) is 6.32. The fourth-order valence-electron chi connectivity index (χ4n) is 2.47. The van der Waals surface area contributed by atoms with Gasteiger partial charge in [0, 0.05) is 16.3 Å². The fraction of sp³-hybridized carbons (Fsp3) is 0.136. The molecule has 0 saturated carbocycles. The molecule has 0 aliphatic heterocycles. The van der Waals surface area contributed by atoms with E-state index in [2.05, 4.69) is 20.9 Å². The second-order valence-electron chi connectivity index (χ2n) is 5.76. The summed E-state index contributed by atoms with van der Waals surface area (Å²) >= 11 is 3.42. The molecular weight excluding hydrogens is 409 g/mol. The van der Waals surface area contributed by atoms with Crippen molar-refractivity contribution in [3.8, 4) is 11.5 Å². The van der Waals surface area contributed by atoms with Crippen molar-refractivity contribution >= 4 is 27.8 Å². The van der Waals surface area contributed by atoms with Gasteiger partial charge in [-0.05, 0) is 61.0 Å². The molecule has 5 heteroatoms. The van der Waals surface area contributed by atoms with E-state index in [0.29, 0.717) is 24.7 Å². The van der Waals surface area contributed by atoms with Crippen molar-refractivity contribution in [1.82, 2.24) is 0 Å². The largest absolute Gasteiger partial charge is 0.490 e. The molecule has 0 amide bonds. The van der Waals surface area contributed by atoms with Crippen molar-refractivity contribution in [2.24, 2.45) is 4.99 Å². The van der Waals surface area contributed by atoms with Crippen LogP contribution in [0, 0.1) is 5.82 Å². The molecule has 0 heterocycles. The Morgan fingerprint density at radius 2 is 1.70 bits per heavy atom. The topological polar surface area (TPSA) is 30.8 Å². The molecule has 0 bridgehead atoms. The van der Waals surface area contributed by atoms with Crippen molar-refractivity contribution in [3.05, 3.63) is 88.1 Å². The minimum Gasteiger partial charge on any atom is -0.490 e. The summed E-state index contributed by atoms with van der Waals surface area (Å²) in [7, 11) is 0. The molecule has 0 spiro atoms. The second-order valence-corrected chi connectivity index (χ2v) is 6.67. The Kier molecular flexibility index (Phi) is 6.60. The summed E-state index contributed by atoms with van der Waals surface area (Å²) < 4.78 is 25.8. The molecule has 0 N–H and O–H groups in total. The van der Waals surface area contributed by atoms with Crippen LogP contribution in [0.5, 0.6) is 11.5 Å². The van der Waals surface area contributed by atoms with Gasteiger partial charge in [0.15, 0.2) is 11.5 Å². The van der Waals surface area contributed by atoms with E-state index in [9.17, 15) is 4.39 Å². The molecule has 0 saturated heterocycles. The maximum atomic E-state index is 13.1. The van der Waals surface area contributed by atoms with E-state index in [1.165, 1.54) is 12.1 Å². The minimum atomic E-state index is -0.268. The lowest BCUT2D eigenvalue weighted by atomic mass is 10.2. The molecule has 0 aliphatic carbocycles. The zero-order valence-corrected chi connectivity index (χ0v) is 16.4. The van der Waals surface area contributed by atoms with Gasteiger partial charge >= 0.3 is 0 Å². The molecule has 0 aliphatic rings. The number of rotatable bonds is 7. The van der Waals surface area contributed by atoms with E-state index >= 15 is 0 Å². The minimum absolute atomic E-state index is 0.268. The molecule has 0 unspecified atom stereocenters. The third kappa shape index (κ3) is 5.41. The lowest BCUT2D eigenvalue weighted by Crippen LogP contribution is -2.02. The molecule has 3 rings (SSSR count). The zero-order chi connectivity index (χ0) is 19.1. The number of hydrogen-bond donors (Lipinski definition) is 0. The van der Waals surface area contributed by atoms with Crippen LogP contribution in [0.15, 0.2) is 76.2 Å². The highest BCUT2D eigenvalue weighted by molar-refractivity contribution is 9.10. The zero-order valence-electron chi connectivity index (χ0n) is 14.9. The van der Waals surface area contributed by atoms with Crippen molar-refractivity contribution < 1.29 is 13.9 Å². The number of para-hydroxylation sites is 1. The average Bonchev–Trinajstić information content (AvgIpc) is 2.68. The molecule has 27 heavy (non-hydrogen) atoms. The lowest BCUT2D eigenvalue weighted by Gasteiger charge is -2.14. The lowest BCUT2D eigenvalue weighted by molar-refractivity contribution is 0.269. The van der Waals surface area contributed by atoms with Crippen molar-refractivity contribution in [2.45, 2.75) is 13.5 Å². The second kappa shape index (κ2) is 9.33. The molecule has 3 aromatic carbocycles. The van der Waals surface area contributed by atoms with Crippen LogP contribution in [0.3, 0.4) is 0 Å². The molecule has 138 valence electrons. The van der Waals surface area contributed by atoms with Crippen LogP contribution in [0.1, 0.15) is 18.1 Å². The average molecular weight is 428 g/mol. The van der Waals surface area contributed by atoms with Gasteiger partial charge in [-0.2, -0.15) is 0 Å². The molecule has 0 radical (unpaired) electrons. The van der Waals surface area contributed by atoms with E-state index in [1.54, 1.807) is 18.3 Å². The predicted molar refractivity (Wildman–Crippen MR) is 110 cm³/mol. The first-order valence-corrected chi connectivity index (χ1v) is 9.37. The maximum absolute atomic E-state index is 13.1. The third-order valence-corrected chi connectivity index (χ3v) is 4.31. The van der Waals surface area contributed by atoms with Crippen LogP contribution in [-0.4, -0.2) is 12.8 Å². The van der Waals surface area contributed by atoms with Gasteiger partial charge in [0.1, 0.15) is 12.4 Å². The summed E-state index contributed by atoms with van der Waals surface area (Å²) in [6, 6.07) is 19.7. The highest BCUT2D eigenvalue weighted by Gasteiger charge is 2.10. The van der Waals surface area contributed by atoms with Crippen LogP contribution in [0.4, 0.5) is 10.1 Å². The monoisotopic (exact) mass is 427 g/mol. The van der Waals surface area contributed by atoms with E-state index < -0.39 is 0 Å². The Hall–Kier alpha value is -2.66. The molecular formula is C22H19BrFNO2. The normalized spacial score (nSPS) is 10.9. The molecule has 0 atom stereocenters. The SMILES string of the molecule is CCOc1cccc(C=Nc2ccc(Br)cc2)c1OCc1ccc(F)cc1. The Morgan fingerprint density at radius 1 is 0.963 bits per heavy atom. The van der Waals surface area contributed by atoms with Gasteiger partial charge in [-0.15, -0.1) is 0 Å². The number of benzene rings is 3. The Balaban J connectivity index is 1.85.